The van der Waals surface area contributed by atoms with E-state index >= 15 is 0 Å². The predicted molar refractivity (Wildman–Crippen MR) is 73.8 cm³/mol. The predicted octanol–water partition coefficient (Wildman–Crippen LogP) is 1.98. The summed E-state index contributed by atoms with van der Waals surface area (Å²) < 4.78 is 26.1. The third-order valence-corrected chi connectivity index (χ3v) is 7.89. The summed E-state index contributed by atoms with van der Waals surface area (Å²) in [6.07, 6.45) is 6.92. The van der Waals surface area contributed by atoms with E-state index in [2.05, 4.69) is 6.07 Å². The Balaban J connectivity index is 2.03. The lowest BCUT2D eigenvalue weighted by molar-refractivity contribution is 0.323. The van der Waals surface area contributed by atoms with Crippen LogP contribution in [0.15, 0.2) is 0 Å². The van der Waals surface area contributed by atoms with Gasteiger partial charge in [0.25, 0.3) is 0 Å². The molecule has 0 aromatic rings. The lowest BCUT2D eigenvalue weighted by Crippen LogP contribution is -2.47. The molecule has 4 nitrogen and oxygen atoms in total. The van der Waals surface area contributed by atoms with E-state index in [-0.39, 0.29) is 10.00 Å². The van der Waals surface area contributed by atoms with Gasteiger partial charge in [-0.1, -0.05) is 12.8 Å². The molecule has 0 atom stereocenters. The van der Waals surface area contributed by atoms with Gasteiger partial charge >= 0.3 is 0 Å². The first-order valence-electron chi connectivity index (χ1n) is 6.49. The second-order valence-electron chi connectivity index (χ2n) is 5.16. The van der Waals surface area contributed by atoms with Crippen LogP contribution in [0, 0.1) is 11.3 Å². The second kappa shape index (κ2) is 5.40. The fourth-order valence-electron chi connectivity index (χ4n) is 2.86. The van der Waals surface area contributed by atoms with E-state index in [9.17, 15) is 13.7 Å². The van der Waals surface area contributed by atoms with Gasteiger partial charge in [0, 0.05) is 13.1 Å². The molecule has 2 fully saturated rings. The summed E-state index contributed by atoms with van der Waals surface area (Å²) in [5.41, 5.74) is 0. The van der Waals surface area contributed by atoms with Crippen LogP contribution >= 0.6 is 11.8 Å². The molecule has 0 aromatic heterocycles. The number of piperidine rings is 1. The van der Waals surface area contributed by atoms with Crippen molar-refractivity contribution in [3.63, 3.8) is 0 Å². The fraction of sp³-hybridized carbons (Fsp3) is 0.917. The Bertz CT molecular complexity index is 427. The van der Waals surface area contributed by atoms with Crippen molar-refractivity contribution in [2.45, 2.75) is 48.5 Å². The van der Waals surface area contributed by atoms with E-state index in [1.165, 1.54) is 0 Å². The van der Waals surface area contributed by atoms with E-state index in [4.69, 9.17) is 0 Å². The molecule has 0 N–H and O–H groups in total. The Labute approximate surface area is 114 Å². The number of hydrogen-bond donors (Lipinski definition) is 0. The molecular formula is C12H20N2O2S2. The van der Waals surface area contributed by atoms with Crippen molar-refractivity contribution < 1.29 is 8.42 Å². The zero-order valence-electron chi connectivity index (χ0n) is 10.8. The highest BCUT2D eigenvalue weighted by Crippen LogP contribution is 2.36. The summed E-state index contributed by atoms with van der Waals surface area (Å²) in [6.45, 7) is 1.01. The van der Waals surface area contributed by atoms with Crippen LogP contribution < -0.4 is 0 Å². The minimum atomic E-state index is -3.11. The second-order valence-corrected chi connectivity index (χ2v) is 8.56. The monoisotopic (exact) mass is 288 g/mol. The highest BCUT2D eigenvalue weighted by atomic mass is 32.2. The first-order chi connectivity index (χ1) is 8.54. The molecule has 0 bridgehead atoms. The molecule has 102 valence electrons. The first kappa shape index (κ1) is 14.2. The smallest absolute Gasteiger partial charge is 0.212 e. The van der Waals surface area contributed by atoms with Gasteiger partial charge in [0.2, 0.25) is 10.0 Å². The Kier molecular flexibility index (Phi) is 4.25. The molecule has 0 aromatic carbocycles. The van der Waals surface area contributed by atoms with Crippen molar-refractivity contribution in [1.29, 1.82) is 5.26 Å². The van der Waals surface area contributed by atoms with Gasteiger partial charge in [-0.2, -0.15) is 5.26 Å². The zero-order chi connectivity index (χ0) is 13.2. The molecule has 0 amide bonds. The first-order valence-corrected chi connectivity index (χ1v) is 9.22. The van der Waals surface area contributed by atoms with Crippen molar-refractivity contribution in [3.05, 3.63) is 0 Å². The molecular weight excluding hydrogens is 268 g/mol. The summed E-state index contributed by atoms with van der Waals surface area (Å²) in [5.74, 6) is 0. The Morgan fingerprint density at radius 3 is 2.28 bits per heavy atom. The van der Waals surface area contributed by atoms with Crippen LogP contribution in [0.25, 0.3) is 0 Å². The topological polar surface area (TPSA) is 61.2 Å². The van der Waals surface area contributed by atoms with Crippen molar-refractivity contribution in [2.75, 3.05) is 19.3 Å². The molecule has 1 saturated heterocycles. The van der Waals surface area contributed by atoms with E-state index in [0.717, 1.165) is 25.7 Å². The summed E-state index contributed by atoms with van der Waals surface area (Å²) in [5, 5.41) is 9.04. The highest BCUT2D eigenvalue weighted by molar-refractivity contribution is 8.00. The number of nitriles is 1. The van der Waals surface area contributed by atoms with E-state index in [1.807, 2.05) is 6.26 Å². The van der Waals surface area contributed by atoms with Crippen molar-refractivity contribution >= 4 is 21.8 Å². The van der Waals surface area contributed by atoms with Crippen LogP contribution in [0.1, 0.15) is 38.5 Å². The summed E-state index contributed by atoms with van der Waals surface area (Å²) >= 11 is 1.56. The Morgan fingerprint density at radius 1 is 1.28 bits per heavy atom. The number of hydrogen-bond acceptors (Lipinski definition) is 4. The van der Waals surface area contributed by atoms with Gasteiger partial charge in [-0.05, 0) is 31.9 Å². The van der Waals surface area contributed by atoms with Gasteiger partial charge in [0.15, 0.2) is 0 Å². The van der Waals surface area contributed by atoms with Gasteiger partial charge in [0.1, 0.15) is 4.75 Å². The number of rotatable bonds is 3. The summed E-state index contributed by atoms with van der Waals surface area (Å²) in [7, 11) is -3.11. The van der Waals surface area contributed by atoms with Crippen LogP contribution in [0.2, 0.25) is 0 Å². The van der Waals surface area contributed by atoms with Crippen LogP contribution in [0.5, 0.6) is 0 Å². The molecule has 0 unspecified atom stereocenters. The fourth-order valence-corrected chi connectivity index (χ4v) is 5.58. The lowest BCUT2D eigenvalue weighted by Gasteiger charge is -2.36. The maximum absolute atomic E-state index is 12.4. The van der Waals surface area contributed by atoms with Crippen LogP contribution in [-0.4, -0.2) is 42.1 Å². The van der Waals surface area contributed by atoms with Crippen LogP contribution in [-0.2, 0) is 10.0 Å². The van der Waals surface area contributed by atoms with Crippen molar-refractivity contribution in [1.82, 2.24) is 4.31 Å². The SMILES string of the molecule is CSC1(C#N)CCN(S(=O)(=O)C2CCCC2)CC1. The third kappa shape index (κ3) is 2.54. The summed E-state index contributed by atoms with van der Waals surface area (Å²) in [4.78, 5) is 0. The van der Waals surface area contributed by atoms with E-state index in [0.29, 0.717) is 25.9 Å². The largest absolute Gasteiger partial charge is 0.216 e. The van der Waals surface area contributed by atoms with Gasteiger partial charge in [0.05, 0.1) is 11.3 Å². The van der Waals surface area contributed by atoms with Gasteiger partial charge in [-0.3, -0.25) is 0 Å². The lowest BCUT2D eigenvalue weighted by atomic mass is 9.99. The van der Waals surface area contributed by atoms with Crippen LogP contribution in [0.3, 0.4) is 0 Å². The molecule has 1 aliphatic heterocycles. The number of nitrogens with zero attached hydrogens (tertiary/aromatic N) is 2. The molecule has 18 heavy (non-hydrogen) atoms. The maximum atomic E-state index is 12.4. The Hall–Kier alpha value is -0.250. The Morgan fingerprint density at radius 2 is 1.83 bits per heavy atom. The highest BCUT2D eigenvalue weighted by Gasteiger charge is 2.41. The van der Waals surface area contributed by atoms with Crippen molar-refractivity contribution in [3.8, 4) is 6.07 Å². The third-order valence-electron chi connectivity index (χ3n) is 4.21. The van der Waals surface area contributed by atoms with E-state index in [1.54, 1.807) is 16.1 Å². The minimum absolute atomic E-state index is 0.165. The normalized spacial score (nSPS) is 26.0. The molecule has 0 spiro atoms. The van der Waals surface area contributed by atoms with Gasteiger partial charge < -0.3 is 0 Å². The maximum Gasteiger partial charge on any atom is 0.216 e. The molecule has 1 saturated carbocycles. The average Bonchev–Trinajstić information content (AvgIpc) is 2.93. The minimum Gasteiger partial charge on any atom is -0.212 e. The molecule has 6 heteroatoms. The molecule has 2 rings (SSSR count). The average molecular weight is 288 g/mol. The van der Waals surface area contributed by atoms with E-state index < -0.39 is 10.0 Å². The molecule has 1 heterocycles. The number of sulfonamides is 1. The van der Waals surface area contributed by atoms with Gasteiger partial charge in [-0.15, -0.1) is 11.8 Å². The standard InChI is InChI=1S/C12H20N2O2S2/c1-17-12(10-13)6-8-14(9-7-12)18(15,16)11-4-2-3-5-11/h11H,2-9H2,1H3. The molecule has 2 aliphatic rings. The number of thioether (sulfide) groups is 1. The summed E-state index contributed by atoms with van der Waals surface area (Å²) in [6, 6.07) is 2.35. The molecule has 0 radical (unpaired) electrons. The zero-order valence-corrected chi connectivity index (χ0v) is 12.4. The quantitative estimate of drug-likeness (QED) is 0.796. The van der Waals surface area contributed by atoms with Gasteiger partial charge in [-0.25, -0.2) is 12.7 Å². The van der Waals surface area contributed by atoms with Crippen LogP contribution in [0.4, 0.5) is 0 Å². The van der Waals surface area contributed by atoms with Crippen molar-refractivity contribution in [2.24, 2.45) is 0 Å². The molecule has 1 aliphatic carbocycles.